The molecule has 0 radical (unpaired) electrons. The van der Waals surface area contributed by atoms with Crippen LogP contribution >= 0.6 is 0 Å². The third-order valence-electron chi connectivity index (χ3n) is 4.44. The van der Waals surface area contributed by atoms with E-state index in [0.29, 0.717) is 24.8 Å². The highest BCUT2D eigenvalue weighted by molar-refractivity contribution is 5.76. The van der Waals surface area contributed by atoms with Gasteiger partial charge in [-0.25, -0.2) is 4.98 Å². The molecule has 1 saturated heterocycles. The summed E-state index contributed by atoms with van der Waals surface area (Å²) in [5, 5.41) is 6.50. The Kier molecular flexibility index (Phi) is 5.30. The van der Waals surface area contributed by atoms with Crippen LogP contribution in [0.3, 0.4) is 0 Å². The van der Waals surface area contributed by atoms with Crippen molar-refractivity contribution in [1.29, 1.82) is 0 Å². The number of benzene rings is 1. The number of carbonyl (C=O) groups is 1. The number of carbonyl (C=O) groups excluding carboxylic acids is 1. The van der Waals surface area contributed by atoms with Crippen LogP contribution < -0.4 is 10.6 Å². The fourth-order valence-corrected chi connectivity index (χ4v) is 3.06. The van der Waals surface area contributed by atoms with Gasteiger partial charge in [0.25, 0.3) is 0 Å². The van der Waals surface area contributed by atoms with Crippen molar-refractivity contribution in [3.63, 3.8) is 0 Å². The van der Waals surface area contributed by atoms with Crippen LogP contribution in [0.1, 0.15) is 37.6 Å². The van der Waals surface area contributed by atoms with Crippen LogP contribution in [0.15, 0.2) is 34.9 Å². The molecule has 1 aromatic carbocycles. The molecule has 1 aliphatic rings. The minimum atomic E-state index is 0.0733. The molecule has 1 fully saturated rings. The maximum absolute atomic E-state index is 12.1. The minimum Gasteiger partial charge on any atom is -0.441 e. The molecule has 1 aromatic heterocycles. The van der Waals surface area contributed by atoms with E-state index in [1.807, 2.05) is 24.3 Å². The summed E-state index contributed by atoms with van der Waals surface area (Å²) in [6.45, 7) is 5.17. The average molecular weight is 327 g/mol. The fourth-order valence-electron chi connectivity index (χ4n) is 3.06. The lowest BCUT2D eigenvalue weighted by Gasteiger charge is -2.28. The van der Waals surface area contributed by atoms with Gasteiger partial charge in [-0.05, 0) is 33.2 Å². The first-order valence-corrected chi connectivity index (χ1v) is 8.64. The molecular formula is C19H25N3O2. The van der Waals surface area contributed by atoms with Crippen LogP contribution in [0.5, 0.6) is 0 Å². The van der Waals surface area contributed by atoms with Gasteiger partial charge >= 0.3 is 0 Å². The number of oxazole rings is 1. The lowest BCUT2D eigenvalue weighted by molar-refractivity contribution is -0.122. The van der Waals surface area contributed by atoms with Crippen molar-refractivity contribution in [2.24, 2.45) is 0 Å². The molecule has 1 amide bonds. The number of rotatable bonds is 5. The summed E-state index contributed by atoms with van der Waals surface area (Å²) in [5.74, 6) is 1.43. The fraction of sp³-hybridized carbons (Fsp3) is 0.474. The Hall–Kier alpha value is -2.14. The molecule has 2 aromatic rings. The molecule has 0 bridgehead atoms. The molecule has 2 heterocycles. The zero-order chi connectivity index (χ0) is 16.9. The smallest absolute Gasteiger partial charge is 0.220 e. The highest BCUT2D eigenvalue weighted by atomic mass is 16.4. The van der Waals surface area contributed by atoms with Crippen molar-refractivity contribution in [1.82, 2.24) is 15.6 Å². The lowest BCUT2D eigenvalue weighted by Crippen LogP contribution is -2.46. The first-order chi connectivity index (χ1) is 11.6. The third kappa shape index (κ3) is 4.45. The van der Waals surface area contributed by atoms with E-state index in [1.54, 1.807) is 6.20 Å². The van der Waals surface area contributed by atoms with E-state index >= 15 is 0 Å². The molecule has 0 saturated carbocycles. The third-order valence-corrected chi connectivity index (χ3v) is 4.44. The number of aromatic nitrogens is 1. The van der Waals surface area contributed by atoms with Gasteiger partial charge in [0.1, 0.15) is 0 Å². The minimum absolute atomic E-state index is 0.0733. The highest BCUT2D eigenvalue weighted by Crippen LogP contribution is 2.21. The van der Waals surface area contributed by atoms with E-state index < -0.39 is 0 Å². The van der Waals surface area contributed by atoms with Crippen molar-refractivity contribution in [3.8, 4) is 11.3 Å². The first-order valence-electron chi connectivity index (χ1n) is 8.64. The van der Waals surface area contributed by atoms with Crippen LogP contribution in [0.25, 0.3) is 11.3 Å². The van der Waals surface area contributed by atoms with Gasteiger partial charge in [-0.15, -0.1) is 0 Å². The van der Waals surface area contributed by atoms with Gasteiger partial charge in [-0.3, -0.25) is 4.79 Å². The van der Waals surface area contributed by atoms with E-state index in [2.05, 4.69) is 29.5 Å². The Morgan fingerprint density at radius 1 is 1.38 bits per heavy atom. The monoisotopic (exact) mass is 327 g/mol. The van der Waals surface area contributed by atoms with Crippen LogP contribution in [-0.2, 0) is 11.2 Å². The van der Waals surface area contributed by atoms with Crippen LogP contribution in [0.4, 0.5) is 0 Å². The zero-order valence-corrected chi connectivity index (χ0v) is 14.3. The van der Waals surface area contributed by atoms with E-state index in [-0.39, 0.29) is 11.9 Å². The molecule has 1 aliphatic heterocycles. The van der Waals surface area contributed by atoms with Crippen molar-refractivity contribution >= 4 is 5.91 Å². The van der Waals surface area contributed by atoms with Crippen molar-refractivity contribution < 1.29 is 9.21 Å². The van der Waals surface area contributed by atoms with E-state index in [0.717, 1.165) is 30.7 Å². The predicted molar refractivity (Wildman–Crippen MR) is 93.6 cm³/mol. The summed E-state index contributed by atoms with van der Waals surface area (Å²) >= 11 is 0. The van der Waals surface area contributed by atoms with E-state index in [4.69, 9.17) is 4.42 Å². The Labute approximate surface area is 142 Å². The van der Waals surface area contributed by atoms with Crippen molar-refractivity contribution in [3.05, 3.63) is 41.9 Å². The molecule has 2 N–H and O–H groups in total. The topological polar surface area (TPSA) is 67.2 Å². The molecule has 0 spiro atoms. The predicted octanol–water partition coefficient (Wildman–Crippen LogP) is 2.84. The quantitative estimate of drug-likeness (QED) is 0.886. The summed E-state index contributed by atoms with van der Waals surface area (Å²) in [6.07, 6.45) is 4.64. The van der Waals surface area contributed by atoms with Crippen molar-refractivity contribution in [2.75, 3.05) is 6.54 Å². The summed E-state index contributed by atoms with van der Waals surface area (Å²) in [4.78, 5) is 16.4. The summed E-state index contributed by atoms with van der Waals surface area (Å²) in [7, 11) is 0. The van der Waals surface area contributed by atoms with E-state index in [1.165, 1.54) is 5.56 Å². The first kappa shape index (κ1) is 16.7. The number of hydrogen-bond donors (Lipinski definition) is 2. The second kappa shape index (κ2) is 7.62. The lowest BCUT2D eigenvalue weighted by atomic mass is 10.0. The van der Waals surface area contributed by atoms with Crippen molar-refractivity contribution in [2.45, 2.75) is 51.6 Å². The molecule has 0 aliphatic carbocycles. The molecule has 2 unspecified atom stereocenters. The maximum Gasteiger partial charge on any atom is 0.220 e. The maximum atomic E-state index is 12.1. The number of aryl methyl sites for hydroxylation is 2. The molecule has 5 nitrogen and oxygen atoms in total. The molecule has 3 rings (SSSR count). The average Bonchev–Trinajstić information content (AvgIpc) is 3.03. The van der Waals surface area contributed by atoms with Gasteiger partial charge in [-0.1, -0.05) is 29.8 Å². The van der Waals surface area contributed by atoms with Gasteiger partial charge in [0.15, 0.2) is 11.7 Å². The number of hydrogen-bond acceptors (Lipinski definition) is 4. The molecular weight excluding hydrogens is 302 g/mol. The van der Waals surface area contributed by atoms with Gasteiger partial charge < -0.3 is 15.1 Å². The molecule has 24 heavy (non-hydrogen) atoms. The Balaban J connectivity index is 1.50. The van der Waals surface area contributed by atoms with Gasteiger partial charge in [0.05, 0.1) is 6.20 Å². The second-order valence-electron chi connectivity index (χ2n) is 6.63. The zero-order valence-electron chi connectivity index (χ0n) is 14.3. The Bertz CT molecular complexity index is 678. The number of nitrogens with one attached hydrogen (secondary N) is 2. The molecule has 2 atom stereocenters. The Morgan fingerprint density at radius 3 is 2.92 bits per heavy atom. The number of amides is 1. The normalized spacial score (nSPS) is 20.8. The second-order valence-corrected chi connectivity index (χ2v) is 6.63. The molecule has 5 heteroatoms. The highest BCUT2D eigenvalue weighted by Gasteiger charge is 2.20. The Morgan fingerprint density at radius 2 is 2.17 bits per heavy atom. The largest absolute Gasteiger partial charge is 0.441 e. The van der Waals surface area contributed by atoms with Gasteiger partial charge in [0.2, 0.25) is 5.91 Å². The van der Waals surface area contributed by atoms with Crippen LogP contribution in [-0.4, -0.2) is 29.5 Å². The SMILES string of the molecule is Cc1ccc(-c2cnc(CCC(=O)NC3CCNC(C)C3)o2)cc1. The van der Waals surface area contributed by atoms with Gasteiger partial charge in [0, 0.05) is 30.5 Å². The van der Waals surface area contributed by atoms with Crippen LogP contribution in [0, 0.1) is 6.92 Å². The summed E-state index contributed by atoms with van der Waals surface area (Å²) in [5.41, 5.74) is 2.22. The standard InChI is InChI=1S/C19H25N3O2/c1-13-3-5-15(6-4-13)17-12-21-19(24-17)8-7-18(23)22-16-9-10-20-14(2)11-16/h3-6,12,14,16,20H,7-11H2,1-2H3,(H,22,23). The van der Waals surface area contributed by atoms with Crippen LogP contribution in [0.2, 0.25) is 0 Å². The summed E-state index contributed by atoms with van der Waals surface area (Å²) in [6, 6.07) is 8.87. The van der Waals surface area contributed by atoms with Gasteiger partial charge in [-0.2, -0.15) is 0 Å². The summed E-state index contributed by atoms with van der Waals surface area (Å²) < 4.78 is 5.77. The van der Waals surface area contributed by atoms with E-state index in [9.17, 15) is 4.79 Å². The number of nitrogens with zero attached hydrogens (tertiary/aromatic N) is 1. The molecule has 128 valence electrons. The number of piperidine rings is 1.